The van der Waals surface area contributed by atoms with Gasteiger partial charge in [-0.15, -0.1) is 0 Å². The average Bonchev–Trinajstić information content (AvgIpc) is 1.63. The number of carbonyl (C=O) groups excluding carboxylic acids is 1. The number of aryl methyl sites for hydroxylation is 7. The van der Waals surface area contributed by atoms with Crippen molar-refractivity contribution in [2.24, 2.45) is 0 Å². The maximum absolute atomic E-state index is 10.6. The predicted molar refractivity (Wildman–Crippen MR) is 468 cm³/mol. The third-order valence-corrected chi connectivity index (χ3v) is 19.3. The molecular formula is C101H115BrK2O15. The van der Waals surface area contributed by atoms with Crippen LogP contribution in [0.1, 0.15) is 187 Å². The molecule has 119 heavy (non-hydrogen) atoms. The van der Waals surface area contributed by atoms with Gasteiger partial charge in [-0.1, -0.05) is 279 Å². The molecular weight excluding hydrogens is 1610 g/mol. The second kappa shape index (κ2) is 59.9. The SMILES string of the molecule is CCCc1ccccc1.Cc1cc(OCc2ccccc2)cc(C(O)CBr)c1.Cc1cc(OCc2ccccc2)cc(C(O)CCCCc2ccccc2)c1.Cc1cc(OCc2ccccc2)cc(C2CO2)c1.O=CO[O-].Oc1cc(O)cc(C(O)CCCCc2ccccc2)c1.Oc1cc(O)cc(C(O)CCCCc2ccccc2)c1.[H-].[K+].[K+]. The van der Waals surface area contributed by atoms with E-state index in [1.807, 2.05) is 153 Å². The van der Waals surface area contributed by atoms with Crippen molar-refractivity contribution < 1.29 is 179 Å². The molecule has 1 aliphatic heterocycles. The maximum Gasteiger partial charge on any atom is 1.00 e. The molecule has 618 valence electrons. The molecule has 0 spiro atoms. The minimum absolute atomic E-state index is 0. The average molecular weight is 1730 g/mol. The Morgan fingerprint density at radius 2 is 0.639 bits per heavy atom. The van der Waals surface area contributed by atoms with Crippen molar-refractivity contribution in [3.63, 3.8) is 0 Å². The number of epoxide rings is 1. The predicted octanol–water partition coefficient (Wildman–Crippen LogP) is 16.0. The van der Waals surface area contributed by atoms with Crippen molar-refractivity contribution in [2.75, 3.05) is 11.9 Å². The van der Waals surface area contributed by atoms with Gasteiger partial charge in [0, 0.05) is 17.5 Å². The first-order chi connectivity index (χ1) is 56.8. The molecule has 15 nitrogen and oxygen atoms in total. The summed E-state index contributed by atoms with van der Waals surface area (Å²) >= 11 is 3.29. The molecule has 5 atom stereocenters. The molecule has 0 amide bonds. The standard InChI is InChI=1S/C25H28O2.2C17H20O3.C16H17BrO2.C16H16O2.C9H12.CH2O3.2K.H/c1-20-16-23(18-24(17-20)27-19-22-13-6-3-7-14-22)25(26)15-9-8-12-21-10-4-2-5-11-21;2*18-15-10-14(11-16(19)12-15)17(20)9-5-4-8-13-6-2-1-3-7-13;1-12-7-14(16(18)10-17)9-15(8-12)19-11-13-5-3-2-4-6-13;1-12-7-14(16-11-18-16)9-15(8-12)17-10-13-5-3-2-4-6-13;1-2-6-9-7-4-3-5-8-9;2-1-4-3;;;/h2-7,10-11,13-14,16-18,25-26H,8-9,12,15,19H2,1H3;2*1-3,6-7,10-12,17-20H,4-5,8-9H2;2-9,16,18H,10-11H2,1H3;2-9,16H,10-11H2,1H3;3-5,7-8H,2,6H2,1H3;1,3H;;;/q;;;;;;;2*+1;-1/p-1. The molecule has 0 radical (unpaired) electrons. The van der Waals surface area contributed by atoms with Gasteiger partial charge in [0.25, 0.3) is 6.47 Å². The third kappa shape index (κ3) is 43.0. The van der Waals surface area contributed by atoms with Gasteiger partial charge in [0.05, 0.1) is 31.0 Å². The van der Waals surface area contributed by atoms with E-state index >= 15 is 0 Å². The Morgan fingerprint density at radius 1 is 0.378 bits per heavy atom. The minimum atomic E-state index is -0.649. The summed E-state index contributed by atoms with van der Waals surface area (Å²) in [6.07, 6.45) is 11.5. The van der Waals surface area contributed by atoms with E-state index in [-0.39, 0.29) is 140 Å². The van der Waals surface area contributed by atoms with Crippen LogP contribution in [0.25, 0.3) is 0 Å². The molecule has 0 bridgehead atoms. The summed E-state index contributed by atoms with van der Waals surface area (Å²) in [5.74, 6) is 2.43. The third-order valence-electron chi connectivity index (χ3n) is 18.7. The second-order valence-electron chi connectivity index (χ2n) is 28.8. The summed E-state index contributed by atoms with van der Waals surface area (Å²) < 4.78 is 22.9. The topological polar surface area (TPSA) is 251 Å². The smallest absolute Gasteiger partial charge is 1.00 e. The Hall–Kier alpha value is -7.78. The fraction of sp³-hybridized carbons (Fsp3) is 0.277. The summed E-state index contributed by atoms with van der Waals surface area (Å²) in [5, 5.41) is 87.1. The monoisotopic (exact) mass is 1720 g/mol. The first kappa shape index (κ1) is 102. The number of aromatic hydroxyl groups is 4. The van der Waals surface area contributed by atoms with Crippen molar-refractivity contribution in [3.05, 3.63) is 387 Å². The Labute approximate surface area is 799 Å². The van der Waals surface area contributed by atoms with Gasteiger partial charge in [-0.3, -0.25) is 4.79 Å². The van der Waals surface area contributed by atoms with Gasteiger partial charge in [-0.05, 0) is 229 Å². The number of halogens is 1. The largest absolute Gasteiger partial charge is 1.00 e. The number of carbonyl (C=O) groups is 1. The summed E-state index contributed by atoms with van der Waals surface area (Å²) in [6.45, 7) is 10.7. The number of hydrogen-bond acceptors (Lipinski definition) is 15. The number of phenolic OH excluding ortho intramolecular Hbond substituents is 4. The van der Waals surface area contributed by atoms with Crippen molar-refractivity contribution in [3.8, 4) is 40.2 Å². The number of hydrogen-bond donors (Lipinski definition) is 8. The van der Waals surface area contributed by atoms with Gasteiger partial charge < -0.3 is 71.4 Å². The zero-order chi connectivity index (χ0) is 83.6. The Balaban J connectivity index is 0.000000303. The number of benzene rings is 12. The number of rotatable bonds is 33. The molecule has 13 rings (SSSR count). The number of unbranched alkanes of at least 4 members (excludes halogenated alkanes) is 3. The molecule has 1 saturated heterocycles. The molecule has 0 saturated carbocycles. The zero-order valence-corrected chi connectivity index (χ0v) is 77.4. The van der Waals surface area contributed by atoms with Crippen LogP contribution in [0.2, 0.25) is 0 Å². The van der Waals surface area contributed by atoms with Crippen molar-refractivity contribution in [1.29, 1.82) is 0 Å². The molecule has 18 heteroatoms. The molecule has 5 unspecified atom stereocenters. The van der Waals surface area contributed by atoms with Gasteiger partial charge in [-0.25, -0.2) is 0 Å². The van der Waals surface area contributed by atoms with Crippen LogP contribution in [0.5, 0.6) is 40.2 Å². The van der Waals surface area contributed by atoms with E-state index in [1.54, 1.807) is 0 Å². The molecule has 8 N–H and O–H groups in total. The maximum atomic E-state index is 10.6. The molecule has 0 aromatic heterocycles. The summed E-state index contributed by atoms with van der Waals surface area (Å²) in [6, 6.07) is 98.6. The number of ether oxygens (including phenoxy) is 4. The van der Waals surface area contributed by atoms with E-state index in [0.717, 1.165) is 121 Å². The van der Waals surface area contributed by atoms with Crippen molar-refractivity contribution in [1.82, 2.24) is 0 Å². The van der Waals surface area contributed by atoms with Gasteiger partial charge in [0.15, 0.2) is 0 Å². The number of phenols is 4. The van der Waals surface area contributed by atoms with Crippen LogP contribution in [0.3, 0.4) is 0 Å². The fourth-order valence-electron chi connectivity index (χ4n) is 12.7. The summed E-state index contributed by atoms with van der Waals surface area (Å²) in [7, 11) is 0. The molecule has 1 heterocycles. The zero-order valence-electron chi connectivity index (χ0n) is 70.6. The van der Waals surface area contributed by atoms with E-state index in [4.69, 9.17) is 29.0 Å². The van der Waals surface area contributed by atoms with Gasteiger partial charge in [0.1, 0.15) is 66.2 Å². The van der Waals surface area contributed by atoms with Crippen LogP contribution in [0, 0.1) is 20.8 Å². The van der Waals surface area contributed by atoms with Crippen LogP contribution >= 0.6 is 15.9 Å². The van der Waals surface area contributed by atoms with Crippen LogP contribution in [0.15, 0.2) is 303 Å². The van der Waals surface area contributed by atoms with Crippen LogP contribution in [-0.4, -0.2) is 59.3 Å². The summed E-state index contributed by atoms with van der Waals surface area (Å²) in [4.78, 5) is 11.2. The van der Waals surface area contributed by atoms with E-state index in [2.05, 4.69) is 162 Å². The van der Waals surface area contributed by atoms with E-state index < -0.39 is 24.4 Å². The molecule has 1 aliphatic rings. The number of alkyl halides is 1. The molecule has 12 aromatic carbocycles. The molecule has 12 aromatic rings. The number of aliphatic hydroxyl groups excluding tert-OH is 4. The van der Waals surface area contributed by atoms with Crippen LogP contribution < -0.4 is 122 Å². The van der Waals surface area contributed by atoms with Gasteiger partial charge in [0.2, 0.25) is 0 Å². The normalized spacial score (nSPS) is 12.3. The van der Waals surface area contributed by atoms with E-state index in [9.17, 15) is 40.9 Å². The quantitative estimate of drug-likeness (QED) is 0.00362. The van der Waals surface area contributed by atoms with E-state index in [1.165, 1.54) is 88.2 Å². The Bertz CT molecular complexity index is 4540. The Kier molecular flexibility index (Phi) is 51.2. The van der Waals surface area contributed by atoms with Gasteiger partial charge in [-0.2, -0.15) is 0 Å². The van der Waals surface area contributed by atoms with Crippen LogP contribution in [0.4, 0.5) is 0 Å². The molecule has 1 fully saturated rings. The number of aliphatic hydroxyl groups is 4. The van der Waals surface area contributed by atoms with Crippen molar-refractivity contribution >= 4 is 22.4 Å². The van der Waals surface area contributed by atoms with Crippen molar-refractivity contribution in [2.45, 2.75) is 168 Å². The fourth-order valence-corrected chi connectivity index (χ4v) is 13.1. The first-order valence-corrected chi connectivity index (χ1v) is 41.2. The molecule has 0 aliphatic carbocycles. The Morgan fingerprint density at radius 3 is 0.916 bits per heavy atom. The summed E-state index contributed by atoms with van der Waals surface area (Å²) in [5.41, 5.74) is 16.4. The minimum Gasteiger partial charge on any atom is -1.00 e. The first-order valence-electron chi connectivity index (χ1n) is 40.0. The van der Waals surface area contributed by atoms with E-state index in [0.29, 0.717) is 49.1 Å². The second-order valence-corrected chi connectivity index (χ2v) is 29.4. The van der Waals surface area contributed by atoms with Gasteiger partial charge >= 0.3 is 103 Å². The van der Waals surface area contributed by atoms with Crippen LogP contribution in [-0.2, 0) is 59.9 Å².